The van der Waals surface area contributed by atoms with Crippen molar-refractivity contribution in [3.8, 4) is 5.88 Å². The molecule has 2 aromatic heterocycles. The van der Waals surface area contributed by atoms with Crippen LogP contribution in [0.3, 0.4) is 0 Å². The Bertz CT molecular complexity index is 713. The molecule has 0 N–H and O–H groups in total. The Kier molecular flexibility index (Phi) is 3.54. The van der Waals surface area contributed by atoms with Gasteiger partial charge in [-0.15, -0.1) is 0 Å². The standard InChI is InChI=1S/C15H18IN3O3/c1-9(2)22-13-11(16)6-19-7-12(17-14(19)18-13)15-5-10(20-8-15)3-4-21-15/h6-7,9-10H,3-5,8H2,1-2H3/t10-,15+/m1/s1. The van der Waals surface area contributed by atoms with E-state index in [0.29, 0.717) is 24.4 Å². The summed E-state index contributed by atoms with van der Waals surface area (Å²) in [7, 11) is 0. The number of imidazole rings is 1. The molecule has 2 aromatic rings. The van der Waals surface area contributed by atoms with E-state index in [2.05, 4.69) is 32.6 Å². The van der Waals surface area contributed by atoms with E-state index in [9.17, 15) is 0 Å². The minimum atomic E-state index is -0.402. The van der Waals surface area contributed by atoms with Crippen molar-refractivity contribution < 1.29 is 14.2 Å². The van der Waals surface area contributed by atoms with E-state index in [1.807, 2.05) is 30.6 Å². The van der Waals surface area contributed by atoms with Crippen molar-refractivity contribution in [3.05, 3.63) is 21.7 Å². The maximum atomic E-state index is 6.04. The van der Waals surface area contributed by atoms with Crippen LogP contribution >= 0.6 is 22.6 Å². The van der Waals surface area contributed by atoms with Crippen LogP contribution in [0.2, 0.25) is 0 Å². The van der Waals surface area contributed by atoms with Crippen LogP contribution in [0.1, 0.15) is 32.4 Å². The summed E-state index contributed by atoms with van der Waals surface area (Å²) in [6.45, 7) is 5.28. The number of halogens is 1. The highest BCUT2D eigenvalue weighted by Crippen LogP contribution is 2.41. The monoisotopic (exact) mass is 415 g/mol. The summed E-state index contributed by atoms with van der Waals surface area (Å²) < 4.78 is 20.5. The van der Waals surface area contributed by atoms with Gasteiger partial charge in [0.25, 0.3) is 0 Å². The molecule has 0 aromatic carbocycles. The summed E-state index contributed by atoms with van der Waals surface area (Å²) in [5.41, 5.74) is 0.501. The van der Waals surface area contributed by atoms with Crippen LogP contribution < -0.4 is 4.74 Å². The van der Waals surface area contributed by atoms with E-state index >= 15 is 0 Å². The molecule has 0 spiro atoms. The molecule has 4 heterocycles. The van der Waals surface area contributed by atoms with Crippen molar-refractivity contribution in [1.29, 1.82) is 0 Å². The minimum Gasteiger partial charge on any atom is -0.474 e. The fraction of sp³-hybridized carbons (Fsp3) is 0.600. The highest BCUT2D eigenvalue weighted by atomic mass is 127. The number of aromatic nitrogens is 3. The van der Waals surface area contributed by atoms with Gasteiger partial charge in [-0.3, -0.25) is 4.40 Å². The summed E-state index contributed by atoms with van der Waals surface area (Å²) in [6.07, 6.45) is 6.22. The van der Waals surface area contributed by atoms with Crippen molar-refractivity contribution >= 4 is 28.4 Å². The Hall–Kier alpha value is -0.930. The largest absolute Gasteiger partial charge is 0.474 e. The maximum Gasteiger partial charge on any atom is 0.237 e. The van der Waals surface area contributed by atoms with E-state index in [1.54, 1.807) is 0 Å². The lowest BCUT2D eigenvalue weighted by molar-refractivity contribution is -0.0597. The smallest absolute Gasteiger partial charge is 0.237 e. The van der Waals surface area contributed by atoms with E-state index < -0.39 is 5.60 Å². The van der Waals surface area contributed by atoms with Gasteiger partial charge in [0.1, 0.15) is 5.60 Å². The Morgan fingerprint density at radius 2 is 2.27 bits per heavy atom. The second-order valence-corrected chi connectivity index (χ2v) is 7.32. The topological polar surface area (TPSA) is 57.9 Å². The molecule has 6 nitrogen and oxygen atoms in total. The molecule has 2 atom stereocenters. The van der Waals surface area contributed by atoms with Gasteiger partial charge in [-0.1, -0.05) is 0 Å². The molecule has 0 amide bonds. The first-order valence-electron chi connectivity index (χ1n) is 7.54. The quantitative estimate of drug-likeness (QED) is 0.722. The van der Waals surface area contributed by atoms with Crippen LogP contribution in [-0.2, 0) is 15.1 Å². The molecular weight excluding hydrogens is 397 g/mol. The summed E-state index contributed by atoms with van der Waals surface area (Å²) in [5, 5.41) is 0. The maximum absolute atomic E-state index is 6.04. The molecule has 2 fully saturated rings. The summed E-state index contributed by atoms with van der Waals surface area (Å²) in [4.78, 5) is 9.21. The molecule has 0 radical (unpaired) electrons. The lowest BCUT2D eigenvalue weighted by Gasteiger charge is -2.29. The van der Waals surface area contributed by atoms with E-state index in [4.69, 9.17) is 14.2 Å². The van der Waals surface area contributed by atoms with Crippen molar-refractivity contribution in [1.82, 2.24) is 14.4 Å². The first-order chi connectivity index (χ1) is 10.6. The van der Waals surface area contributed by atoms with Gasteiger partial charge in [-0.2, -0.15) is 4.98 Å². The highest BCUT2D eigenvalue weighted by Gasteiger charge is 2.47. The van der Waals surface area contributed by atoms with Gasteiger partial charge < -0.3 is 14.2 Å². The van der Waals surface area contributed by atoms with Crippen LogP contribution in [0, 0.1) is 3.57 Å². The van der Waals surface area contributed by atoms with Crippen molar-refractivity contribution in [2.45, 2.75) is 44.5 Å². The lowest BCUT2D eigenvalue weighted by Crippen LogP contribution is -2.34. The SMILES string of the molecule is CC(C)Oc1nc2nc([C@]34CO[C@H](CCO3)C4)cn2cc1I. The molecule has 2 aliphatic heterocycles. The molecule has 2 bridgehead atoms. The molecular formula is C15H18IN3O3. The van der Waals surface area contributed by atoms with Crippen LogP contribution in [-0.4, -0.2) is 39.8 Å². The van der Waals surface area contributed by atoms with Crippen molar-refractivity contribution in [2.75, 3.05) is 13.2 Å². The van der Waals surface area contributed by atoms with Crippen LogP contribution in [0.15, 0.2) is 12.4 Å². The second-order valence-electron chi connectivity index (χ2n) is 6.16. The third-order valence-electron chi connectivity index (χ3n) is 4.11. The fourth-order valence-electron chi connectivity index (χ4n) is 3.07. The molecule has 2 aliphatic rings. The lowest BCUT2D eigenvalue weighted by atomic mass is 9.93. The molecule has 0 saturated carbocycles. The van der Waals surface area contributed by atoms with E-state index in [0.717, 1.165) is 28.7 Å². The van der Waals surface area contributed by atoms with Gasteiger partial charge in [0, 0.05) is 18.8 Å². The molecule has 0 unspecified atom stereocenters. The number of rotatable bonds is 3. The molecule has 0 aliphatic carbocycles. The predicted octanol–water partition coefficient (Wildman–Crippen LogP) is 2.53. The third kappa shape index (κ3) is 2.39. The summed E-state index contributed by atoms with van der Waals surface area (Å²) in [6, 6.07) is 0. The molecule has 4 rings (SSSR count). The van der Waals surface area contributed by atoms with Gasteiger partial charge in [-0.25, -0.2) is 4.98 Å². The van der Waals surface area contributed by atoms with Gasteiger partial charge in [0.2, 0.25) is 11.7 Å². The van der Waals surface area contributed by atoms with Gasteiger partial charge in [0.05, 0.1) is 34.7 Å². The van der Waals surface area contributed by atoms with E-state index in [-0.39, 0.29) is 6.10 Å². The van der Waals surface area contributed by atoms with Crippen molar-refractivity contribution in [3.63, 3.8) is 0 Å². The number of hydrogen-bond acceptors (Lipinski definition) is 5. The molecule has 7 heteroatoms. The van der Waals surface area contributed by atoms with Gasteiger partial charge >= 0.3 is 0 Å². The molecule has 22 heavy (non-hydrogen) atoms. The fourth-order valence-corrected chi connectivity index (χ4v) is 3.62. The summed E-state index contributed by atoms with van der Waals surface area (Å²) >= 11 is 2.23. The van der Waals surface area contributed by atoms with Crippen LogP contribution in [0.5, 0.6) is 5.88 Å². The van der Waals surface area contributed by atoms with E-state index in [1.165, 1.54) is 0 Å². The molecule has 2 saturated heterocycles. The minimum absolute atomic E-state index is 0.0853. The second kappa shape index (κ2) is 5.31. The summed E-state index contributed by atoms with van der Waals surface area (Å²) in [5.74, 6) is 1.26. The Morgan fingerprint density at radius 3 is 3.09 bits per heavy atom. The highest BCUT2D eigenvalue weighted by molar-refractivity contribution is 14.1. The zero-order chi connectivity index (χ0) is 15.3. The Morgan fingerprint density at radius 1 is 1.41 bits per heavy atom. The Balaban J connectivity index is 1.74. The average molecular weight is 415 g/mol. The third-order valence-corrected chi connectivity index (χ3v) is 4.85. The van der Waals surface area contributed by atoms with Crippen molar-refractivity contribution in [2.24, 2.45) is 0 Å². The number of nitrogens with zero attached hydrogens (tertiary/aromatic N) is 3. The van der Waals surface area contributed by atoms with Crippen LogP contribution in [0.25, 0.3) is 5.78 Å². The predicted molar refractivity (Wildman–Crippen MR) is 88.1 cm³/mol. The number of ether oxygens (including phenoxy) is 3. The van der Waals surface area contributed by atoms with Gasteiger partial charge in [0.15, 0.2) is 0 Å². The zero-order valence-electron chi connectivity index (χ0n) is 12.6. The number of hydrogen-bond donors (Lipinski definition) is 0. The number of fused-ring (bicyclic) bond motifs is 3. The Labute approximate surface area is 142 Å². The zero-order valence-corrected chi connectivity index (χ0v) is 14.7. The first-order valence-corrected chi connectivity index (χ1v) is 8.61. The first kappa shape index (κ1) is 14.6. The average Bonchev–Trinajstić information content (AvgIpc) is 3.01. The normalized spacial score (nSPS) is 27.7. The van der Waals surface area contributed by atoms with Gasteiger partial charge in [-0.05, 0) is 42.9 Å². The molecule has 118 valence electrons. The van der Waals surface area contributed by atoms with Crippen LogP contribution in [0.4, 0.5) is 0 Å².